The Bertz CT molecular complexity index is 723. The number of amides is 2. The second-order valence-corrected chi connectivity index (χ2v) is 8.55. The van der Waals surface area contributed by atoms with Gasteiger partial charge in [-0.05, 0) is 58.1 Å². The molecule has 0 aromatic heterocycles. The molecule has 30 heavy (non-hydrogen) atoms. The molecule has 1 heterocycles. The Kier molecular flexibility index (Phi) is 9.41. The molecule has 1 aliphatic carbocycles. The van der Waals surface area contributed by atoms with E-state index in [-0.39, 0.29) is 30.3 Å². The summed E-state index contributed by atoms with van der Waals surface area (Å²) in [7, 11) is 0. The third-order valence-corrected chi connectivity index (χ3v) is 5.92. The normalized spacial score (nSPS) is 21.7. The Morgan fingerprint density at radius 1 is 1.23 bits per heavy atom. The van der Waals surface area contributed by atoms with Crippen molar-refractivity contribution in [2.24, 2.45) is 0 Å². The van der Waals surface area contributed by atoms with Crippen LogP contribution in [0.5, 0.6) is 0 Å². The van der Waals surface area contributed by atoms with Gasteiger partial charge in [0.15, 0.2) is 0 Å². The largest absolute Gasteiger partial charge is 0.498 e. The van der Waals surface area contributed by atoms with E-state index in [4.69, 9.17) is 4.74 Å². The van der Waals surface area contributed by atoms with Crippen LogP contribution in [0.15, 0.2) is 47.4 Å². The number of ether oxygens (including phenoxy) is 1. The molecule has 2 unspecified atom stereocenters. The van der Waals surface area contributed by atoms with Gasteiger partial charge in [-0.2, -0.15) is 0 Å². The van der Waals surface area contributed by atoms with Crippen LogP contribution in [0.1, 0.15) is 79.1 Å². The van der Waals surface area contributed by atoms with Crippen molar-refractivity contribution in [3.05, 3.63) is 47.4 Å². The molecule has 1 N–H and O–H groups in total. The highest BCUT2D eigenvalue weighted by atomic mass is 16.5. The molecule has 1 aliphatic heterocycles. The zero-order chi connectivity index (χ0) is 22.1. The number of nitrogens with zero attached hydrogens (tertiary/aromatic N) is 1. The van der Waals surface area contributed by atoms with E-state index in [2.05, 4.69) is 32.7 Å². The number of carbonyl (C=O) groups is 2. The summed E-state index contributed by atoms with van der Waals surface area (Å²) < 4.78 is 5.89. The number of carbonyl (C=O) groups excluding carboxylic acids is 2. The first-order valence-corrected chi connectivity index (χ1v) is 11.3. The van der Waals surface area contributed by atoms with Crippen LogP contribution in [-0.2, 0) is 14.3 Å². The summed E-state index contributed by atoms with van der Waals surface area (Å²) in [6.45, 7) is 12.9. The summed E-state index contributed by atoms with van der Waals surface area (Å²) in [5.74, 6) is 0.531. The van der Waals surface area contributed by atoms with E-state index in [0.717, 1.165) is 55.6 Å². The van der Waals surface area contributed by atoms with Gasteiger partial charge in [0, 0.05) is 29.8 Å². The van der Waals surface area contributed by atoms with Gasteiger partial charge < -0.3 is 15.0 Å². The molecule has 0 bridgehead atoms. The molecular formula is C25H38N2O3. The lowest BCUT2D eigenvalue weighted by Crippen LogP contribution is -2.47. The Morgan fingerprint density at radius 2 is 1.93 bits per heavy atom. The van der Waals surface area contributed by atoms with Crippen LogP contribution < -0.4 is 5.32 Å². The van der Waals surface area contributed by atoms with Gasteiger partial charge in [-0.3, -0.25) is 9.59 Å². The van der Waals surface area contributed by atoms with Crippen molar-refractivity contribution in [2.75, 3.05) is 6.61 Å². The summed E-state index contributed by atoms with van der Waals surface area (Å²) in [6.07, 6.45) is 12.9. The van der Waals surface area contributed by atoms with E-state index in [0.29, 0.717) is 18.6 Å². The topological polar surface area (TPSA) is 58.6 Å². The fraction of sp³-hybridized carbons (Fsp3) is 0.600. The van der Waals surface area contributed by atoms with Gasteiger partial charge in [-0.15, -0.1) is 0 Å². The molecule has 2 rings (SSSR count). The molecule has 5 nitrogen and oxygen atoms in total. The second kappa shape index (κ2) is 11.8. The molecule has 2 amide bonds. The highest BCUT2D eigenvalue weighted by molar-refractivity contribution is 5.99. The first-order valence-electron chi connectivity index (χ1n) is 11.3. The molecule has 1 saturated heterocycles. The lowest BCUT2D eigenvalue weighted by Gasteiger charge is -2.39. The number of rotatable bonds is 9. The van der Waals surface area contributed by atoms with E-state index in [1.807, 2.05) is 30.1 Å². The van der Waals surface area contributed by atoms with Crippen LogP contribution in [0.25, 0.3) is 0 Å². The third kappa shape index (κ3) is 6.89. The molecule has 2 atom stereocenters. The number of hydrogen-bond donors (Lipinski definition) is 1. The first kappa shape index (κ1) is 24.0. The minimum atomic E-state index is -0.296. The lowest BCUT2D eigenvalue weighted by atomic mass is 9.96. The zero-order valence-electron chi connectivity index (χ0n) is 19.1. The number of piperidine rings is 1. The molecule has 0 aromatic carbocycles. The van der Waals surface area contributed by atoms with Gasteiger partial charge in [-0.1, -0.05) is 38.5 Å². The third-order valence-electron chi connectivity index (χ3n) is 5.92. The van der Waals surface area contributed by atoms with Crippen molar-refractivity contribution in [1.82, 2.24) is 10.2 Å². The van der Waals surface area contributed by atoms with Gasteiger partial charge in [-0.25, -0.2) is 0 Å². The Labute approximate surface area is 181 Å². The van der Waals surface area contributed by atoms with Crippen LogP contribution in [0.4, 0.5) is 0 Å². The van der Waals surface area contributed by atoms with E-state index < -0.39 is 0 Å². The van der Waals surface area contributed by atoms with Gasteiger partial charge in [0.25, 0.3) is 5.91 Å². The number of likely N-dealkylation sites (tertiary alicyclic amines) is 1. The van der Waals surface area contributed by atoms with Crippen LogP contribution >= 0.6 is 0 Å². The summed E-state index contributed by atoms with van der Waals surface area (Å²) in [5.41, 5.74) is 2.07. The molecular weight excluding hydrogens is 376 g/mol. The van der Waals surface area contributed by atoms with Crippen molar-refractivity contribution < 1.29 is 14.3 Å². The Balaban J connectivity index is 1.93. The smallest absolute Gasteiger partial charge is 0.251 e. The molecule has 0 aromatic rings. The monoisotopic (exact) mass is 414 g/mol. The van der Waals surface area contributed by atoms with E-state index >= 15 is 0 Å². The van der Waals surface area contributed by atoms with Crippen molar-refractivity contribution in [3.63, 3.8) is 0 Å². The van der Waals surface area contributed by atoms with E-state index in [9.17, 15) is 9.59 Å². The van der Waals surface area contributed by atoms with Crippen LogP contribution in [0, 0.1) is 0 Å². The summed E-state index contributed by atoms with van der Waals surface area (Å²) in [6, 6.07) is 0.429. The maximum atomic E-state index is 12.8. The maximum absolute atomic E-state index is 12.8. The van der Waals surface area contributed by atoms with E-state index in [1.165, 1.54) is 0 Å². The standard InChI is InChI=1S/C25H38N2O3/c1-6-7-8-15-30-22-14-9-11-18(2)23(17-22)26-25(29)19(3)16-24(28)27-20(4)12-10-13-21(27)5/h9,11,14,20-21H,3,6-8,10,12-13,15-17H2,1-2,4-5H3,(H,26,29). The number of allylic oxidation sites excluding steroid dienone is 4. The fourth-order valence-electron chi connectivity index (χ4n) is 4.06. The Morgan fingerprint density at radius 3 is 2.60 bits per heavy atom. The predicted molar refractivity (Wildman–Crippen MR) is 122 cm³/mol. The molecule has 166 valence electrons. The fourth-order valence-corrected chi connectivity index (χ4v) is 4.06. The number of unbranched alkanes of at least 4 members (excludes halogenated alkanes) is 2. The summed E-state index contributed by atoms with van der Waals surface area (Å²) in [4.78, 5) is 27.5. The lowest BCUT2D eigenvalue weighted by molar-refractivity contribution is -0.137. The van der Waals surface area contributed by atoms with Gasteiger partial charge >= 0.3 is 0 Å². The van der Waals surface area contributed by atoms with Gasteiger partial charge in [0.1, 0.15) is 5.76 Å². The van der Waals surface area contributed by atoms with Crippen LogP contribution in [-0.4, -0.2) is 35.4 Å². The quantitative estimate of drug-likeness (QED) is 0.419. The number of nitrogens with one attached hydrogen (secondary N) is 1. The first-order chi connectivity index (χ1) is 14.3. The summed E-state index contributed by atoms with van der Waals surface area (Å²) in [5, 5.41) is 2.97. The van der Waals surface area contributed by atoms with Crippen molar-refractivity contribution in [3.8, 4) is 0 Å². The highest BCUT2D eigenvalue weighted by Gasteiger charge is 2.29. The number of hydrogen-bond acceptors (Lipinski definition) is 3. The maximum Gasteiger partial charge on any atom is 0.251 e. The SMILES string of the molecule is C=C(CC(=O)N1C(C)CCCC1C)C(=O)NC1=C(C)C=CC=C(OCCCCC)C1. The average Bonchev–Trinajstić information content (AvgIpc) is 2.86. The van der Waals surface area contributed by atoms with Crippen LogP contribution in [0.3, 0.4) is 0 Å². The Hall–Kier alpha value is -2.30. The van der Waals surface area contributed by atoms with Crippen molar-refractivity contribution in [1.29, 1.82) is 0 Å². The van der Waals surface area contributed by atoms with Gasteiger partial charge in [0.05, 0.1) is 13.0 Å². The zero-order valence-corrected chi connectivity index (χ0v) is 19.1. The average molecular weight is 415 g/mol. The van der Waals surface area contributed by atoms with Crippen molar-refractivity contribution in [2.45, 2.75) is 91.1 Å². The molecule has 1 fully saturated rings. The highest BCUT2D eigenvalue weighted by Crippen LogP contribution is 2.24. The minimum Gasteiger partial charge on any atom is -0.498 e. The minimum absolute atomic E-state index is 0.0128. The van der Waals surface area contributed by atoms with Crippen LogP contribution in [0.2, 0.25) is 0 Å². The van der Waals surface area contributed by atoms with Crippen molar-refractivity contribution >= 4 is 11.8 Å². The molecule has 0 saturated carbocycles. The summed E-state index contributed by atoms with van der Waals surface area (Å²) >= 11 is 0. The molecule has 0 radical (unpaired) electrons. The molecule has 5 heteroatoms. The molecule has 0 spiro atoms. The van der Waals surface area contributed by atoms with E-state index in [1.54, 1.807) is 0 Å². The predicted octanol–water partition coefficient (Wildman–Crippen LogP) is 5.16. The second-order valence-electron chi connectivity index (χ2n) is 8.55. The molecule has 2 aliphatic rings. The van der Waals surface area contributed by atoms with Gasteiger partial charge in [0.2, 0.25) is 5.91 Å².